The van der Waals surface area contributed by atoms with Crippen molar-refractivity contribution in [3.8, 4) is 11.8 Å². The van der Waals surface area contributed by atoms with E-state index in [0.717, 1.165) is 30.0 Å². The van der Waals surface area contributed by atoms with E-state index in [9.17, 15) is 36.4 Å². The van der Waals surface area contributed by atoms with E-state index in [1.54, 1.807) is 20.8 Å². The number of carbonyl (C=O) groups is 2. The lowest BCUT2D eigenvalue weighted by Gasteiger charge is -2.28. The highest BCUT2D eigenvalue weighted by molar-refractivity contribution is 7.92. The van der Waals surface area contributed by atoms with Gasteiger partial charge in [0.2, 0.25) is 5.91 Å². The molecule has 1 saturated carbocycles. The zero-order valence-electron chi connectivity index (χ0n) is 20.6. The van der Waals surface area contributed by atoms with E-state index < -0.39 is 63.1 Å². The van der Waals surface area contributed by atoms with Crippen LogP contribution >= 0.6 is 11.6 Å². The Labute approximate surface area is 217 Å². The number of rotatable bonds is 6. The number of halogens is 4. The predicted octanol–water partition coefficient (Wildman–Crippen LogP) is 3.99. The van der Waals surface area contributed by atoms with Gasteiger partial charge in [0.05, 0.1) is 21.2 Å². The van der Waals surface area contributed by atoms with Crippen molar-refractivity contribution in [2.75, 3.05) is 6.54 Å². The number of likely N-dealkylation sites (tertiary alicyclic amines) is 1. The normalized spacial score (nSPS) is 22.1. The van der Waals surface area contributed by atoms with Gasteiger partial charge in [0, 0.05) is 12.6 Å². The Kier molecular flexibility index (Phi) is 7.69. The number of nitriles is 1. The van der Waals surface area contributed by atoms with Crippen LogP contribution in [0.3, 0.4) is 0 Å². The van der Waals surface area contributed by atoms with Crippen molar-refractivity contribution in [1.82, 2.24) is 10.2 Å². The Morgan fingerprint density at radius 1 is 1.27 bits per heavy atom. The van der Waals surface area contributed by atoms with E-state index in [2.05, 4.69) is 5.32 Å². The average molecular weight is 566 g/mol. The fourth-order valence-corrected chi connectivity index (χ4v) is 5.97. The third-order valence-electron chi connectivity index (χ3n) is 5.94. The molecular weight excluding hydrogens is 539 g/mol. The molecule has 1 aromatic carbocycles. The van der Waals surface area contributed by atoms with Gasteiger partial charge in [0.1, 0.15) is 22.9 Å². The first-order chi connectivity index (χ1) is 16.9. The zero-order chi connectivity index (χ0) is 28.0. The first-order valence-electron chi connectivity index (χ1n) is 11.4. The molecule has 1 aliphatic heterocycles. The lowest BCUT2D eigenvalue weighted by atomic mass is 10.2. The van der Waals surface area contributed by atoms with Gasteiger partial charge in [-0.25, -0.2) is 13.2 Å². The molecule has 3 rings (SSSR count). The van der Waals surface area contributed by atoms with E-state index in [0.29, 0.717) is 12.8 Å². The second kappa shape index (κ2) is 9.87. The number of nitrogens with zero attached hydrogens (tertiary/aromatic N) is 2. The van der Waals surface area contributed by atoms with E-state index in [1.807, 2.05) is 6.07 Å². The molecule has 1 unspecified atom stereocenters. The SMILES string of the molecule is CC(Oc1ccc(S(=O)(=O)[C@@H]2C[C@@H](C(=O)NC3(C#N)CC3)N(C(=O)OC(C)(C)C)C2)c(Cl)c1)C(F)(F)F. The number of ether oxygens (including phenoxy) is 2. The van der Waals surface area contributed by atoms with E-state index in [4.69, 9.17) is 21.1 Å². The predicted molar refractivity (Wildman–Crippen MR) is 126 cm³/mol. The molecule has 2 aliphatic rings. The molecule has 0 spiro atoms. The van der Waals surface area contributed by atoms with E-state index in [-0.39, 0.29) is 22.1 Å². The minimum atomic E-state index is -4.63. The molecule has 0 bridgehead atoms. The first-order valence-corrected chi connectivity index (χ1v) is 13.3. The molecule has 3 atom stereocenters. The van der Waals surface area contributed by atoms with Crippen molar-refractivity contribution in [1.29, 1.82) is 5.26 Å². The monoisotopic (exact) mass is 565 g/mol. The van der Waals surface area contributed by atoms with Gasteiger partial charge in [-0.1, -0.05) is 11.6 Å². The summed E-state index contributed by atoms with van der Waals surface area (Å²) in [7, 11) is -4.26. The standard InChI is InChI=1S/C23H27ClF3N3O6S/c1-13(23(25,26)27)35-14-5-6-18(16(24)9-14)37(33,34)15-10-17(19(31)29-22(12-28)7-8-22)30(11-15)20(32)36-21(2,3)4/h5-6,9,13,15,17H,7-8,10-11H2,1-4H3,(H,29,31)/t13?,15-,17+/m1/s1. The summed E-state index contributed by atoms with van der Waals surface area (Å²) in [6, 6.07) is 3.82. The van der Waals surface area contributed by atoms with Crippen LogP contribution in [0.15, 0.2) is 23.1 Å². The Hall–Kier alpha value is -2.72. The van der Waals surface area contributed by atoms with Gasteiger partial charge in [0.15, 0.2) is 15.9 Å². The molecule has 204 valence electrons. The van der Waals surface area contributed by atoms with Crippen LogP contribution in [-0.4, -0.2) is 66.6 Å². The van der Waals surface area contributed by atoms with Crippen LogP contribution in [0.25, 0.3) is 0 Å². The molecule has 1 saturated heterocycles. The Balaban J connectivity index is 1.87. The molecular formula is C23H27ClF3N3O6S. The van der Waals surface area contributed by atoms with Gasteiger partial charge in [-0.05, 0) is 59.1 Å². The maximum atomic E-state index is 13.5. The molecule has 2 fully saturated rings. The molecule has 37 heavy (non-hydrogen) atoms. The van der Waals surface area contributed by atoms with Gasteiger partial charge in [-0.3, -0.25) is 9.69 Å². The third-order valence-corrected chi connectivity index (χ3v) is 8.56. The van der Waals surface area contributed by atoms with Crippen LogP contribution in [0.2, 0.25) is 5.02 Å². The maximum absolute atomic E-state index is 13.5. The van der Waals surface area contributed by atoms with Crippen molar-refractivity contribution in [2.45, 2.75) is 86.6 Å². The van der Waals surface area contributed by atoms with Gasteiger partial charge in [-0.15, -0.1) is 0 Å². The Bertz CT molecular complexity index is 1220. The summed E-state index contributed by atoms with van der Waals surface area (Å²) >= 11 is 6.13. The second-order valence-corrected chi connectivity index (χ2v) is 12.7. The molecule has 1 aromatic rings. The lowest BCUT2D eigenvalue weighted by molar-refractivity contribution is -0.189. The van der Waals surface area contributed by atoms with Crippen molar-refractivity contribution in [3.05, 3.63) is 23.2 Å². The fourth-order valence-electron chi connectivity index (χ4n) is 3.74. The number of nitrogens with one attached hydrogen (secondary N) is 1. The minimum absolute atomic E-state index is 0.279. The molecule has 14 heteroatoms. The number of alkyl halides is 3. The zero-order valence-corrected chi connectivity index (χ0v) is 22.1. The van der Waals surface area contributed by atoms with Gasteiger partial charge in [0.25, 0.3) is 0 Å². The summed E-state index contributed by atoms with van der Waals surface area (Å²) in [5.41, 5.74) is -1.97. The second-order valence-electron chi connectivity index (χ2n) is 10.1. The van der Waals surface area contributed by atoms with Crippen molar-refractivity contribution < 1.29 is 40.7 Å². The van der Waals surface area contributed by atoms with Gasteiger partial charge < -0.3 is 14.8 Å². The third kappa shape index (κ3) is 6.59. The van der Waals surface area contributed by atoms with Crippen LogP contribution in [0.5, 0.6) is 5.75 Å². The summed E-state index contributed by atoms with van der Waals surface area (Å²) < 4.78 is 75.5. The number of sulfone groups is 1. The number of benzene rings is 1. The summed E-state index contributed by atoms with van der Waals surface area (Å²) in [5, 5.41) is 10.3. The number of amides is 2. The Morgan fingerprint density at radius 3 is 2.38 bits per heavy atom. The van der Waals surface area contributed by atoms with Gasteiger partial charge in [-0.2, -0.15) is 18.4 Å². The summed E-state index contributed by atoms with van der Waals surface area (Å²) in [6.07, 6.45) is -7.10. The van der Waals surface area contributed by atoms with Crippen LogP contribution in [0.4, 0.5) is 18.0 Å². The molecule has 9 nitrogen and oxygen atoms in total. The van der Waals surface area contributed by atoms with Crippen LogP contribution in [-0.2, 0) is 19.4 Å². The van der Waals surface area contributed by atoms with Crippen LogP contribution < -0.4 is 10.1 Å². The van der Waals surface area contributed by atoms with Gasteiger partial charge >= 0.3 is 12.3 Å². The van der Waals surface area contributed by atoms with E-state index in [1.165, 1.54) is 0 Å². The molecule has 1 aliphatic carbocycles. The summed E-state index contributed by atoms with van der Waals surface area (Å²) in [6.45, 7) is 5.24. The largest absolute Gasteiger partial charge is 0.481 e. The molecule has 0 aromatic heterocycles. The molecule has 2 amide bonds. The highest BCUT2D eigenvalue weighted by Crippen LogP contribution is 2.37. The van der Waals surface area contributed by atoms with Crippen LogP contribution in [0, 0.1) is 11.3 Å². The quantitative estimate of drug-likeness (QED) is 0.552. The van der Waals surface area contributed by atoms with E-state index >= 15 is 0 Å². The highest BCUT2D eigenvalue weighted by Gasteiger charge is 2.51. The first kappa shape index (κ1) is 28.8. The van der Waals surface area contributed by atoms with Crippen molar-refractivity contribution in [2.24, 2.45) is 0 Å². The lowest BCUT2D eigenvalue weighted by Crippen LogP contribution is -2.50. The maximum Gasteiger partial charge on any atom is 0.425 e. The smallest absolute Gasteiger partial charge is 0.425 e. The highest BCUT2D eigenvalue weighted by atomic mass is 35.5. The fraction of sp³-hybridized carbons (Fsp3) is 0.609. The minimum Gasteiger partial charge on any atom is -0.481 e. The average Bonchev–Trinajstić information content (AvgIpc) is 3.36. The topological polar surface area (TPSA) is 126 Å². The number of hydrogen-bond donors (Lipinski definition) is 1. The molecule has 1 heterocycles. The summed E-state index contributed by atoms with van der Waals surface area (Å²) in [4.78, 5) is 26.5. The molecule has 0 radical (unpaired) electrons. The van der Waals surface area contributed by atoms with Crippen LogP contribution in [0.1, 0.15) is 47.0 Å². The van der Waals surface area contributed by atoms with Crippen molar-refractivity contribution in [3.63, 3.8) is 0 Å². The number of carbonyl (C=O) groups excluding carboxylic acids is 2. The van der Waals surface area contributed by atoms with Crippen molar-refractivity contribution >= 4 is 33.4 Å². The summed E-state index contributed by atoms with van der Waals surface area (Å²) in [5.74, 6) is -0.961. The molecule has 1 N–H and O–H groups in total. The Morgan fingerprint density at radius 2 is 1.89 bits per heavy atom. The number of hydrogen-bond acceptors (Lipinski definition) is 7.